The molecule has 0 aliphatic heterocycles. The van der Waals surface area contributed by atoms with E-state index >= 15 is 0 Å². The molecule has 0 amide bonds. The van der Waals surface area contributed by atoms with Crippen LogP contribution in [-0.4, -0.2) is 6.26 Å². The minimum Gasteiger partial charge on any atom is -0.205 e. The highest BCUT2D eigenvalue weighted by molar-refractivity contribution is 7.99. The molecule has 2 rings (SSSR count). The van der Waals surface area contributed by atoms with Gasteiger partial charge in [0.2, 0.25) is 0 Å². The van der Waals surface area contributed by atoms with Crippen molar-refractivity contribution in [3.63, 3.8) is 0 Å². The maximum Gasteiger partial charge on any atom is 0.142 e. The van der Waals surface area contributed by atoms with Gasteiger partial charge in [-0.05, 0) is 24.3 Å². The summed E-state index contributed by atoms with van der Waals surface area (Å²) in [5.41, 5.74) is 1.11. The van der Waals surface area contributed by atoms with Gasteiger partial charge >= 0.3 is 0 Å². The second kappa shape index (κ2) is 3.91. The zero-order chi connectivity index (χ0) is 10.1. The molecule has 1 aromatic heterocycles. The standard InChI is InChI=1S/C11H11FS2/c1-3-7-4-5-9(13-2)11-10(7)8(12)6-14-11/h4-6H,3H2,1-2H3. The summed E-state index contributed by atoms with van der Waals surface area (Å²) < 4.78 is 14.6. The minimum atomic E-state index is -0.0715. The first-order valence-electron chi connectivity index (χ1n) is 4.50. The van der Waals surface area contributed by atoms with Crippen molar-refractivity contribution in [3.05, 3.63) is 28.9 Å². The SMILES string of the molecule is CCc1ccc(SC)c2scc(F)c12. The molecule has 0 radical (unpaired) electrons. The van der Waals surface area contributed by atoms with Crippen LogP contribution in [0.15, 0.2) is 22.4 Å². The van der Waals surface area contributed by atoms with Crippen LogP contribution in [0.25, 0.3) is 10.1 Å². The molecule has 0 unspecified atom stereocenters. The van der Waals surface area contributed by atoms with Gasteiger partial charge in [0, 0.05) is 15.7 Å². The van der Waals surface area contributed by atoms with Gasteiger partial charge in [0.25, 0.3) is 0 Å². The fourth-order valence-corrected chi connectivity index (χ4v) is 3.36. The average molecular weight is 226 g/mol. The fourth-order valence-electron chi connectivity index (χ4n) is 1.61. The number of fused-ring (bicyclic) bond motifs is 1. The number of benzene rings is 1. The lowest BCUT2D eigenvalue weighted by atomic mass is 10.1. The summed E-state index contributed by atoms with van der Waals surface area (Å²) in [6.07, 6.45) is 2.91. The van der Waals surface area contributed by atoms with E-state index in [2.05, 4.69) is 13.0 Å². The van der Waals surface area contributed by atoms with Crippen LogP contribution in [0.4, 0.5) is 4.39 Å². The van der Waals surface area contributed by atoms with Crippen LogP contribution >= 0.6 is 23.1 Å². The lowest BCUT2D eigenvalue weighted by Gasteiger charge is -2.03. The Balaban J connectivity index is 2.81. The molecule has 0 saturated heterocycles. The zero-order valence-corrected chi connectivity index (χ0v) is 9.77. The Bertz CT molecular complexity index is 460. The number of rotatable bonds is 2. The monoisotopic (exact) mass is 226 g/mol. The molecule has 2 aromatic rings. The van der Waals surface area contributed by atoms with Crippen LogP contribution in [0.1, 0.15) is 12.5 Å². The summed E-state index contributed by atoms with van der Waals surface area (Å²) in [6, 6.07) is 4.12. The van der Waals surface area contributed by atoms with Gasteiger partial charge in [0.05, 0.1) is 4.70 Å². The van der Waals surface area contributed by atoms with Crippen molar-refractivity contribution < 1.29 is 4.39 Å². The zero-order valence-electron chi connectivity index (χ0n) is 8.13. The van der Waals surface area contributed by atoms with E-state index in [4.69, 9.17) is 0 Å². The van der Waals surface area contributed by atoms with Crippen molar-refractivity contribution in [2.24, 2.45) is 0 Å². The number of hydrogen-bond acceptors (Lipinski definition) is 2. The van der Waals surface area contributed by atoms with Gasteiger partial charge in [-0.2, -0.15) is 0 Å². The van der Waals surface area contributed by atoms with Crippen molar-refractivity contribution in [3.8, 4) is 0 Å². The van der Waals surface area contributed by atoms with Crippen LogP contribution in [-0.2, 0) is 6.42 Å². The molecule has 0 atom stereocenters. The number of hydrogen-bond donors (Lipinski definition) is 0. The van der Waals surface area contributed by atoms with Gasteiger partial charge in [0.1, 0.15) is 5.82 Å². The fraction of sp³-hybridized carbons (Fsp3) is 0.273. The molecule has 0 fully saturated rings. The van der Waals surface area contributed by atoms with Gasteiger partial charge in [0.15, 0.2) is 0 Å². The topological polar surface area (TPSA) is 0 Å². The first-order chi connectivity index (χ1) is 6.77. The summed E-state index contributed by atoms with van der Waals surface area (Å²) in [7, 11) is 0. The van der Waals surface area contributed by atoms with E-state index in [-0.39, 0.29) is 5.82 Å². The molecular weight excluding hydrogens is 215 g/mol. The Labute approximate surface area is 91.1 Å². The van der Waals surface area contributed by atoms with E-state index < -0.39 is 0 Å². The van der Waals surface area contributed by atoms with Gasteiger partial charge in [-0.25, -0.2) is 4.39 Å². The van der Waals surface area contributed by atoms with Crippen LogP contribution in [0.5, 0.6) is 0 Å². The molecule has 0 nitrogen and oxygen atoms in total. The van der Waals surface area contributed by atoms with Crippen LogP contribution in [0.2, 0.25) is 0 Å². The average Bonchev–Trinajstić information content (AvgIpc) is 2.60. The summed E-state index contributed by atoms with van der Waals surface area (Å²) in [6.45, 7) is 2.06. The Kier molecular flexibility index (Phi) is 2.79. The second-order valence-electron chi connectivity index (χ2n) is 3.07. The van der Waals surface area contributed by atoms with E-state index in [1.165, 1.54) is 16.2 Å². The third kappa shape index (κ3) is 1.44. The van der Waals surface area contributed by atoms with Crippen LogP contribution < -0.4 is 0 Å². The van der Waals surface area contributed by atoms with Gasteiger partial charge in [-0.1, -0.05) is 13.0 Å². The minimum absolute atomic E-state index is 0.0715. The van der Waals surface area contributed by atoms with Crippen LogP contribution in [0, 0.1) is 5.82 Å². The van der Waals surface area contributed by atoms with Crippen LogP contribution in [0.3, 0.4) is 0 Å². The Morgan fingerprint density at radius 1 is 1.43 bits per heavy atom. The first-order valence-corrected chi connectivity index (χ1v) is 6.61. The predicted molar refractivity (Wildman–Crippen MR) is 62.9 cm³/mol. The van der Waals surface area contributed by atoms with Crippen molar-refractivity contribution in [1.29, 1.82) is 0 Å². The summed E-state index contributed by atoms with van der Waals surface area (Å²) in [5.74, 6) is -0.0715. The lowest BCUT2D eigenvalue weighted by molar-refractivity contribution is 0.643. The van der Waals surface area contributed by atoms with Crippen molar-refractivity contribution in [1.82, 2.24) is 0 Å². The number of thioether (sulfide) groups is 1. The van der Waals surface area contributed by atoms with Gasteiger partial charge in [-0.3, -0.25) is 0 Å². The molecule has 0 aliphatic rings. The summed E-state index contributed by atoms with van der Waals surface area (Å²) in [4.78, 5) is 1.17. The van der Waals surface area contributed by atoms with Gasteiger partial charge in [-0.15, -0.1) is 23.1 Å². The smallest absolute Gasteiger partial charge is 0.142 e. The maximum absolute atomic E-state index is 13.5. The third-order valence-electron chi connectivity index (χ3n) is 2.33. The lowest BCUT2D eigenvalue weighted by Crippen LogP contribution is -1.84. The molecule has 0 saturated carbocycles. The Morgan fingerprint density at radius 2 is 2.21 bits per heavy atom. The molecular formula is C11H11FS2. The highest BCUT2D eigenvalue weighted by Crippen LogP contribution is 2.35. The second-order valence-corrected chi connectivity index (χ2v) is 4.80. The van der Waals surface area contributed by atoms with E-state index in [0.29, 0.717) is 0 Å². The molecule has 1 aromatic carbocycles. The highest BCUT2D eigenvalue weighted by atomic mass is 32.2. The first kappa shape index (κ1) is 9.99. The molecule has 74 valence electrons. The number of thiophene rings is 1. The van der Waals surface area contributed by atoms with E-state index in [1.54, 1.807) is 17.1 Å². The summed E-state index contributed by atoms with van der Waals surface area (Å²) >= 11 is 3.17. The van der Waals surface area contributed by atoms with E-state index in [9.17, 15) is 4.39 Å². The largest absolute Gasteiger partial charge is 0.205 e. The molecule has 0 N–H and O–H groups in total. The predicted octanol–water partition coefficient (Wildman–Crippen LogP) is 4.32. The quantitative estimate of drug-likeness (QED) is 0.687. The molecule has 0 bridgehead atoms. The number of halogens is 1. The molecule has 3 heteroatoms. The number of aryl methyl sites for hydroxylation is 1. The summed E-state index contributed by atoms with van der Waals surface area (Å²) in [5, 5.41) is 2.42. The Morgan fingerprint density at radius 3 is 2.86 bits per heavy atom. The molecule has 1 heterocycles. The van der Waals surface area contributed by atoms with Gasteiger partial charge < -0.3 is 0 Å². The third-order valence-corrected chi connectivity index (χ3v) is 4.22. The molecule has 14 heavy (non-hydrogen) atoms. The molecule has 0 spiro atoms. The van der Waals surface area contributed by atoms with Crippen molar-refractivity contribution in [2.45, 2.75) is 18.2 Å². The van der Waals surface area contributed by atoms with E-state index in [0.717, 1.165) is 22.1 Å². The molecule has 0 aliphatic carbocycles. The highest BCUT2D eigenvalue weighted by Gasteiger charge is 2.10. The maximum atomic E-state index is 13.5. The van der Waals surface area contributed by atoms with Crippen molar-refractivity contribution in [2.75, 3.05) is 6.26 Å². The Hall–Kier alpha value is -0.540. The van der Waals surface area contributed by atoms with E-state index in [1.807, 2.05) is 12.3 Å². The van der Waals surface area contributed by atoms with Crippen molar-refractivity contribution >= 4 is 33.2 Å². The normalized spacial score (nSPS) is 11.1.